The number of nitrogens with zero attached hydrogens (tertiary/aromatic N) is 4. The van der Waals surface area contributed by atoms with E-state index in [2.05, 4.69) is 40.4 Å². The van der Waals surface area contributed by atoms with Crippen LogP contribution in [0.25, 0.3) is 28.0 Å². The van der Waals surface area contributed by atoms with Crippen molar-refractivity contribution in [3.63, 3.8) is 0 Å². The van der Waals surface area contributed by atoms with Crippen molar-refractivity contribution in [2.75, 3.05) is 25.5 Å². The molecular formula is C25H29N7O2. The van der Waals surface area contributed by atoms with Gasteiger partial charge in [-0.2, -0.15) is 0 Å². The Kier molecular flexibility index (Phi) is 6.65. The highest BCUT2D eigenvalue weighted by molar-refractivity contribution is 5.87. The maximum atomic E-state index is 11.1. The van der Waals surface area contributed by atoms with E-state index >= 15 is 0 Å². The van der Waals surface area contributed by atoms with Crippen molar-refractivity contribution in [1.82, 2.24) is 30.3 Å². The first-order valence-corrected chi connectivity index (χ1v) is 11.0. The number of hydrogen-bond donors (Lipinski definition) is 4. The van der Waals surface area contributed by atoms with Crippen LogP contribution >= 0.6 is 0 Å². The van der Waals surface area contributed by atoms with E-state index in [1.165, 1.54) is 0 Å². The fourth-order valence-corrected chi connectivity index (χ4v) is 3.90. The highest BCUT2D eigenvalue weighted by atomic mass is 16.4. The SMILES string of the molecule is C=CCC(Nc1ccnc(-c2ccc3cc(C(=C)N4CC(C(=O)O)C4)[nH]c3c2)n1)N(C)NC=C. The highest BCUT2D eigenvalue weighted by Gasteiger charge is 2.33. The molecule has 0 spiro atoms. The standard InChI is InChI=1S/C25H29N7O2/c1-5-7-23(31(4)27-6-2)29-22-10-11-26-24(30-22)18-9-8-17-12-20(28-21(17)13-18)16(3)32-14-19(15-32)25(33)34/h5-6,8-13,19,23,27-28H,1-3,7,14-15H2,4H3,(H,33,34)(H,26,29,30). The van der Waals surface area contributed by atoms with Gasteiger partial charge in [0.25, 0.3) is 0 Å². The average molecular weight is 460 g/mol. The molecule has 3 heterocycles. The minimum Gasteiger partial charge on any atom is -0.481 e. The Morgan fingerprint density at radius 1 is 1.35 bits per heavy atom. The number of aliphatic carboxylic acids is 1. The van der Waals surface area contributed by atoms with Crippen LogP contribution in [0.15, 0.2) is 68.5 Å². The molecule has 1 fully saturated rings. The van der Waals surface area contributed by atoms with Gasteiger partial charge in [0.05, 0.1) is 17.3 Å². The van der Waals surface area contributed by atoms with Gasteiger partial charge in [0, 0.05) is 55.4 Å². The number of carboxylic acid groups (broad SMARTS) is 1. The normalized spacial score (nSPS) is 14.5. The Hall–Kier alpha value is -4.11. The maximum absolute atomic E-state index is 11.1. The first-order chi connectivity index (χ1) is 16.4. The van der Waals surface area contributed by atoms with Gasteiger partial charge in [0.2, 0.25) is 0 Å². The number of nitrogens with one attached hydrogen (secondary N) is 3. The molecule has 1 atom stereocenters. The molecule has 1 saturated heterocycles. The smallest absolute Gasteiger partial charge is 0.310 e. The molecule has 176 valence electrons. The lowest BCUT2D eigenvalue weighted by Crippen LogP contribution is -2.48. The first-order valence-electron chi connectivity index (χ1n) is 11.0. The molecule has 0 saturated carbocycles. The summed E-state index contributed by atoms with van der Waals surface area (Å²) in [7, 11) is 1.91. The second-order valence-electron chi connectivity index (χ2n) is 8.27. The van der Waals surface area contributed by atoms with Crippen LogP contribution in [0.5, 0.6) is 0 Å². The van der Waals surface area contributed by atoms with Gasteiger partial charge < -0.3 is 25.7 Å². The lowest BCUT2D eigenvalue weighted by atomic mass is 9.99. The third kappa shape index (κ3) is 4.79. The summed E-state index contributed by atoms with van der Waals surface area (Å²) in [5.74, 6) is 0.206. The topological polar surface area (TPSA) is 109 Å². The zero-order valence-electron chi connectivity index (χ0n) is 19.2. The predicted octanol–water partition coefficient (Wildman–Crippen LogP) is 3.51. The molecule has 0 aliphatic carbocycles. The summed E-state index contributed by atoms with van der Waals surface area (Å²) >= 11 is 0. The number of aromatic nitrogens is 3. The Bertz CT molecular complexity index is 1230. The van der Waals surface area contributed by atoms with Gasteiger partial charge in [-0.1, -0.05) is 31.4 Å². The minimum atomic E-state index is -0.763. The molecule has 4 N–H and O–H groups in total. The minimum absolute atomic E-state index is 0.0695. The lowest BCUT2D eigenvalue weighted by Gasteiger charge is -2.39. The second-order valence-corrected chi connectivity index (χ2v) is 8.27. The van der Waals surface area contributed by atoms with E-state index in [-0.39, 0.29) is 12.1 Å². The number of fused-ring (bicyclic) bond motifs is 1. The molecule has 1 aromatic carbocycles. The summed E-state index contributed by atoms with van der Waals surface area (Å²) in [5.41, 5.74) is 6.53. The number of H-pyrrole nitrogens is 1. The summed E-state index contributed by atoms with van der Waals surface area (Å²) in [5, 5.41) is 15.4. The second kappa shape index (κ2) is 9.80. The Balaban J connectivity index is 1.52. The molecule has 1 unspecified atom stereocenters. The van der Waals surface area contributed by atoms with Crippen LogP contribution in [0.3, 0.4) is 0 Å². The number of rotatable bonds is 11. The van der Waals surface area contributed by atoms with Crippen LogP contribution in [-0.2, 0) is 4.79 Å². The monoisotopic (exact) mass is 459 g/mol. The molecule has 1 aliphatic rings. The van der Waals surface area contributed by atoms with E-state index in [9.17, 15) is 4.79 Å². The van der Waals surface area contributed by atoms with E-state index in [0.717, 1.165) is 27.9 Å². The zero-order valence-corrected chi connectivity index (χ0v) is 19.2. The molecule has 34 heavy (non-hydrogen) atoms. The molecule has 1 aliphatic heterocycles. The number of likely N-dealkylation sites (tertiary alicyclic amines) is 1. The van der Waals surface area contributed by atoms with E-state index < -0.39 is 5.97 Å². The van der Waals surface area contributed by atoms with Crippen molar-refractivity contribution in [3.05, 3.63) is 74.2 Å². The molecule has 2 aromatic heterocycles. The molecule has 0 radical (unpaired) electrons. The van der Waals surface area contributed by atoms with Crippen molar-refractivity contribution in [2.24, 2.45) is 5.92 Å². The number of aromatic amines is 1. The molecule has 9 heteroatoms. The molecule has 9 nitrogen and oxygen atoms in total. The van der Waals surface area contributed by atoms with Gasteiger partial charge in [-0.3, -0.25) is 4.79 Å². The Morgan fingerprint density at radius 3 is 2.85 bits per heavy atom. The van der Waals surface area contributed by atoms with Crippen LogP contribution in [-0.4, -0.2) is 62.2 Å². The highest BCUT2D eigenvalue weighted by Crippen LogP contribution is 2.30. The van der Waals surface area contributed by atoms with Crippen LogP contribution in [0.4, 0.5) is 5.82 Å². The summed E-state index contributed by atoms with van der Waals surface area (Å²) in [6, 6.07) is 9.86. The van der Waals surface area contributed by atoms with Gasteiger partial charge >= 0.3 is 5.97 Å². The number of carboxylic acids is 1. The van der Waals surface area contributed by atoms with Crippen LogP contribution in [0.1, 0.15) is 12.1 Å². The first kappa shape index (κ1) is 23.1. The number of carbonyl (C=O) groups is 1. The van der Waals surface area contributed by atoms with Crippen LogP contribution in [0.2, 0.25) is 0 Å². The van der Waals surface area contributed by atoms with E-state index in [4.69, 9.17) is 10.1 Å². The van der Waals surface area contributed by atoms with Gasteiger partial charge in [-0.25, -0.2) is 15.0 Å². The fraction of sp³-hybridized carbons (Fsp3) is 0.240. The zero-order chi connectivity index (χ0) is 24.2. The van der Waals surface area contributed by atoms with Crippen LogP contribution in [0, 0.1) is 5.92 Å². The lowest BCUT2D eigenvalue weighted by molar-refractivity contribution is -0.145. The third-order valence-corrected chi connectivity index (χ3v) is 5.93. The van der Waals surface area contributed by atoms with E-state index in [1.54, 1.807) is 12.4 Å². The van der Waals surface area contributed by atoms with Crippen molar-refractivity contribution in [2.45, 2.75) is 12.6 Å². The van der Waals surface area contributed by atoms with Gasteiger partial charge in [0.15, 0.2) is 5.82 Å². The van der Waals surface area contributed by atoms with Gasteiger partial charge in [0.1, 0.15) is 12.0 Å². The number of hydrogen-bond acceptors (Lipinski definition) is 7. The van der Waals surface area contributed by atoms with E-state index in [0.29, 0.717) is 31.2 Å². The Morgan fingerprint density at radius 2 is 2.15 bits per heavy atom. The molecule has 4 rings (SSSR count). The van der Waals surface area contributed by atoms with Crippen LogP contribution < -0.4 is 10.7 Å². The molecule has 3 aromatic rings. The largest absolute Gasteiger partial charge is 0.481 e. The van der Waals surface area contributed by atoms with Gasteiger partial charge in [-0.05, 0) is 18.2 Å². The number of hydrazine groups is 1. The van der Waals surface area contributed by atoms with Crippen molar-refractivity contribution in [1.29, 1.82) is 0 Å². The third-order valence-electron chi connectivity index (χ3n) is 5.93. The van der Waals surface area contributed by atoms with Crippen molar-refractivity contribution < 1.29 is 9.90 Å². The van der Waals surface area contributed by atoms with Crippen molar-refractivity contribution >= 4 is 28.4 Å². The Labute approximate surface area is 198 Å². The maximum Gasteiger partial charge on any atom is 0.310 e. The van der Waals surface area contributed by atoms with E-state index in [1.807, 2.05) is 53.4 Å². The summed E-state index contributed by atoms with van der Waals surface area (Å²) < 4.78 is 0. The summed E-state index contributed by atoms with van der Waals surface area (Å²) in [6.07, 6.45) is 5.81. The number of anilines is 1. The van der Waals surface area contributed by atoms with Crippen molar-refractivity contribution in [3.8, 4) is 11.4 Å². The fourth-order valence-electron chi connectivity index (χ4n) is 3.90. The van der Waals surface area contributed by atoms with Gasteiger partial charge in [-0.15, -0.1) is 6.58 Å². The molecular weight excluding hydrogens is 430 g/mol. The number of benzene rings is 1. The summed E-state index contributed by atoms with van der Waals surface area (Å²) in [6.45, 7) is 12.6. The molecule has 0 bridgehead atoms. The predicted molar refractivity (Wildman–Crippen MR) is 134 cm³/mol. The summed E-state index contributed by atoms with van der Waals surface area (Å²) in [4.78, 5) is 25.6. The average Bonchev–Trinajstić information content (AvgIpc) is 3.21. The molecule has 0 amide bonds. The quantitative estimate of drug-likeness (QED) is 0.196.